The summed E-state index contributed by atoms with van der Waals surface area (Å²) < 4.78 is 0. The smallest absolute Gasteiger partial charge is 0.239 e. The van der Waals surface area contributed by atoms with E-state index in [4.69, 9.17) is 0 Å². The number of benzene rings is 2. The highest BCUT2D eigenvalue weighted by atomic mass is 16.3. The van der Waals surface area contributed by atoms with Crippen molar-refractivity contribution < 1.29 is 9.90 Å². The van der Waals surface area contributed by atoms with Gasteiger partial charge in [0.25, 0.3) is 0 Å². The van der Waals surface area contributed by atoms with Gasteiger partial charge in [-0.2, -0.15) is 0 Å². The second-order valence-electron chi connectivity index (χ2n) is 4.42. The van der Waals surface area contributed by atoms with Gasteiger partial charge in [0.05, 0.1) is 13.2 Å². The number of aliphatic hydroxyl groups is 1. The first kappa shape index (κ1) is 14.1. The molecule has 104 valence electrons. The molecule has 4 heteroatoms. The number of carbonyl (C=O) groups excluding carboxylic acids is 1. The number of hydrogen-bond donors (Lipinski definition) is 3. The van der Waals surface area contributed by atoms with Crippen LogP contribution in [0, 0.1) is 0 Å². The van der Waals surface area contributed by atoms with Gasteiger partial charge in [0, 0.05) is 12.2 Å². The minimum atomic E-state index is -0.0819. The Morgan fingerprint density at radius 2 is 1.60 bits per heavy atom. The van der Waals surface area contributed by atoms with E-state index in [2.05, 4.69) is 10.6 Å². The Kier molecular flexibility index (Phi) is 5.15. The fraction of sp³-hybridized carbons (Fsp3) is 0.188. The lowest BCUT2D eigenvalue weighted by molar-refractivity contribution is -0.119. The molecule has 0 spiro atoms. The van der Waals surface area contributed by atoms with Gasteiger partial charge in [-0.3, -0.25) is 4.79 Å². The Morgan fingerprint density at radius 3 is 2.30 bits per heavy atom. The van der Waals surface area contributed by atoms with E-state index < -0.39 is 0 Å². The largest absolute Gasteiger partial charge is 0.392 e. The zero-order valence-electron chi connectivity index (χ0n) is 11.2. The van der Waals surface area contributed by atoms with Crippen LogP contribution in [-0.2, 0) is 17.9 Å². The summed E-state index contributed by atoms with van der Waals surface area (Å²) in [5.74, 6) is -0.0819. The summed E-state index contributed by atoms with van der Waals surface area (Å²) in [6.07, 6.45) is 0. The van der Waals surface area contributed by atoms with E-state index in [1.54, 1.807) is 0 Å². The third-order valence-corrected chi connectivity index (χ3v) is 2.99. The lowest BCUT2D eigenvalue weighted by Gasteiger charge is -2.10. The van der Waals surface area contributed by atoms with E-state index in [-0.39, 0.29) is 19.1 Å². The van der Waals surface area contributed by atoms with Gasteiger partial charge >= 0.3 is 0 Å². The van der Waals surface area contributed by atoms with Crippen molar-refractivity contribution in [3.63, 3.8) is 0 Å². The molecule has 1 amide bonds. The third-order valence-electron chi connectivity index (χ3n) is 2.99. The number of nitrogens with one attached hydrogen (secondary N) is 2. The molecule has 0 aromatic heterocycles. The van der Waals surface area contributed by atoms with Crippen LogP contribution in [0.5, 0.6) is 0 Å². The van der Waals surface area contributed by atoms with E-state index >= 15 is 0 Å². The first-order valence-electron chi connectivity index (χ1n) is 6.53. The van der Waals surface area contributed by atoms with Gasteiger partial charge < -0.3 is 15.7 Å². The normalized spacial score (nSPS) is 10.1. The summed E-state index contributed by atoms with van der Waals surface area (Å²) in [5, 5.41) is 15.1. The quantitative estimate of drug-likeness (QED) is 0.751. The van der Waals surface area contributed by atoms with Crippen LogP contribution in [0.15, 0.2) is 54.6 Å². The molecular formula is C16H18N2O2. The second kappa shape index (κ2) is 7.31. The predicted molar refractivity (Wildman–Crippen MR) is 79.1 cm³/mol. The highest BCUT2D eigenvalue weighted by molar-refractivity contribution is 5.80. The minimum Gasteiger partial charge on any atom is -0.392 e. The van der Waals surface area contributed by atoms with Gasteiger partial charge in [-0.05, 0) is 23.3 Å². The average molecular weight is 270 g/mol. The third kappa shape index (κ3) is 4.10. The van der Waals surface area contributed by atoms with Gasteiger partial charge in [0.15, 0.2) is 0 Å². The van der Waals surface area contributed by atoms with Gasteiger partial charge in [0.1, 0.15) is 0 Å². The molecule has 0 radical (unpaired) electrons. The Labute approximate surface area is 118 Å². The number of rotatable bonds is 6. The van der Waals surface area contributed by atoms with E-state index in [0.717, 1.165) is 16.8 Å². The number of hydrogen-bond acceptors (Lipinski definition) is 3. The summed E-state index contributed by atoms with van der Waals surface area (Å²) in [6.45, 7) is 0.631. The van der Waals surface area contributed by atoms with Gasteiger partial charge in [0.2, 0.25) is 5.91 Å². The van der Waals surface area contributed by atoms with Crippen molar-refractivity contribution in [1.82, 2.24) is 5.32 Å². The molecule has 0 heterocycles. The number of para-hydroxylation sites is 1. The van der Waals surface area contributed by atoms with E-state index in [0.29, 0.717) is 6.54 Å². The summed E-state index contributed by atoms with van der Waals surface area (Å²) >= 11 is 0. The Hall–Kier alpha value is -2.33. The molecule has 0 saturated heterocycles. The van der Waals surface area contributed by atoms with Crippen LogP contribution < -0.4 is 10.6 Å². The lowest BCUT2D eigenvalue weighted by Crippen LogP contribution is -2.29. The molecule has 0 unspecified atom stereocenters. The number of aliphatic hydroxyl groups excluding tert-OH is 1. The van der Waals surface area contributed by atoms with Crippen molar-refractivity contribution in [3.8, 4) is 0 Å². The Bertz CT molecular complexity index is 555. The van der Waals surface area contributed by atoms with Crippen LogP contribution in [0.2, 0.25) is 0 Å². The summed E-state index contributed by atoms with van der Waals surface area (Å²) in [4.78, 5) is 11.8. The molecule has 0 saturated carbocycles. The van der Waals surface area contributed by atoms with Gasteiger partial charge in [-0.1, -0.05) is 42.5 Å². The fourth-order valence-corrected chi connectivity index (χ4v) is 1.88. The highest BCUT2D eigenvalue weighted by Crippen LogP contribution is 2.08. The van der Waals surface area contributed by atoms with Crippen LogP contribution in [-0.4, -0.2) is 17.6 Å². The molecule has 2 rings (SSSR count). The topological polar surface area (TPSA) is 61.4 Å². The molecule has 0 aliphatic heterocycles. The van der Waals surface area contributed by atoms with Crippen LogP contribution >= 0.6 is 0 Å². The number of amides is 1. The molecule has 2 aromatic rings. The van der Waals surface area contributed by atoms with Gasteiger partial charge in [-0.25, -0.2) is 0 Å². The van der Waals surface area contributed by atoms with Crippen molar-refractivity contribution in [2.45, 2.75) is 13.2 Å². The van der Waals surface area contributed by atoms with Crippen molar-refractivity contribution >= 4 is 11.6 Å². The Morgan fingerprint density at radius 1 is 0.950 bits per heavy atom. The first-order valence-corrected chi connectivity index (χ1v) is 6.53. The zero-order valence-corrected chi connectivity index (χ0v) is 11.2. The molecule has 0 aliphatic rings. The molecule has 0 bridgehead atoms. The highest BCUT2D eigenvalue weighted by Gasteiger charge is 2.04. The van der Waals surface area contributed by atoms with Crippen molar-refractivity contribution in [2.75, 3.05) is 11.9 Å². The van der Waals surface area contributed by atoms with Crippen LogP contribution in [0.25, 0.3) is 0 Å². The number of anilines is 1. The van der Waals surface area contributed by atoms with Crippen molar-refractivity contribution in [3.05, 3.63) is 65.7 Å². The van der Waals surface area contributed by atoms with Crippen LogP contribution in [0.1, 0.15) is 11.1 Å². The SMILES string of the molecule is O=C(CNc1ccccc1)NCc1ccccc1CO. The number of carbonyl (C=O) groups is 1. The van der Waals surface area contributed by atoms with Crippen molar-refractivity contribution in [1.29, 1.82) is 0 Å². The molecule has 20 heavy (non-hydrogen) atoms. The molecule has 4 nitrogen and oxygen atoms in total. The van der Waals surface area contributed by atoms with E-state index in [1.165, 1.54) is 0 Å². The lowest BCUT2D eigenvalue weighted by atomic mass is 10.1. The first-order chi connectivity index (χ1) is 9.79. The van der Waals surface area contributed by atoms with Crippen molar-refractivity contribution in [2.24, 2.45) is 0 Å². The molecule has 2 aromatic carbocycles. The molecule has 0 atom stereocenters. The predicted octanol–water partition coefficient (Wildman–Crippen LogP) is 1.91. The maximum atomic E-state index is 11.8. The second-order valence-corrected chi connectivity index (χ2v) is 4.42. The zero-order chi connectivity index (χ0) is 14.2. The standard InChI is InChI=1S/C16H18N2O2/c19-12-14-7-5-4-6-13(14)10-18-16(20)11-17-15-8-2-1-3-9-15/h1-9,17,19H,10-12H2,(H,18,20). The maximum absolute atomic E-state index is 11.8. The molecular weight excluding hydrogens is 252 g/mol. The van der Waals surface area contributed by atoms with Crippen LogP contribution in [0.3, 0.4) is 0 Å². The molecule has 0 aliphatic carbocycles. The summed E-state index contributed by atoms with van der Waals surface area (Å²) in [7, 11) is 0. The monoisotopic (exact) mass is 270 g/mol. The van der Waals surface area contributed by atoms with Crippen LogP contribution in [0.4, 0.5) is 5.69 Å². The summed E-state index contributed by atoms with van der Waals surface area (Å²) in [5.41, 5.74) is 2.69. The van der Waals surface area contributed by atoms with E-state index in [1.807, 2.05) is 54.6 Å². The molecule has 3 N–H and O–H groups in total. The molecule has 0 fully saturated rings. The average Bonchev–Trinajstić information content (AvgIpc) is 2.52. The Balaban J connectivity index is 1.80. The fourth-order valence-electron chi connectivity index (χ4n) is 1.88. The van der Waals surface area contributed by atoms with E-state index in [9.17, 15) is 9.90 Å². The summed E-state index contributed by atoms with van der Waals surface area (Å²) in [6, 6.07) is 17.1. The minimum absolute atomic E-state index is 0.0195. The maximum Gasteiger partial charge on any atom is 0.239 e. The van der Waals surface area contributed by atoms with Gasteiger partial charge in [-0.15, -0.1) is 0 Å².